The molecule has 2 radical (unpaired) electrons. The molecule has 1 amide bonds. The van der Waals surface area contributed by atoms with Crippen LogP contribution in [-0.4, -0.2) is 57.4 Å². The Morgan fingerprint density at radius 2 is 1.96 bits per heavy atom. The molecule has 1 saturated heterocycles. The van der Waals surface area contributed by atoms with E-state index in [2.05, 4.69) is 3.07 Å². The van der Waals surface area contributed by atoms with Crippen LogP contribution in [0.1, 0.15) is 18.6 Å². The summed E-state index contributed by atoms with van der Waals surface area (Å²) < 4.78 is 51.3. The van der Waals surface area contributed by atoms with E-state index in [1.54, 1.807) is 37.4 Å². The molecular weight excluding hydrogens is 482 g/mol. The van der Waals surface area contributed by atoms with Gasteiger partial charge in [0.25, 0.3) is 0 Å². The third-order valence-electron chi connectivity index (χ3n) is 3.37. The topological polar surface area (TPSA) is 65.1 Å². The Morgan fingerprint density at radius 1 is 1.31 bits per heavy atom. The van der Waals surface area contributed by atoms with Gasteiger partial charge in [0.05, 0.1) is 0 Å². The van der Waals surface area contributed by atoms with Gasteiger partial charge in [-0.1, -0.05) is 0 Å². The summed E-state index contributed by atoms with van der Waals surface area (Å²) >= 11 is -1.46. The Balaban J connectivity index is 2.08. The molecular formula is C15H14F3NO5SSn. The number of carbonyl (C=O) groups is 2. The van der Waals surface area contributed by atoms with Gasteiger partial charge in [-0.05, 0) is 0 Å². The first-order valence-corrected chi connectivity index (χ1v) is 10.8. The average Bonchev–Trinajstić information content (AvgIpc) is 2.88. The fraction of sp³-hybridized carbons (Fsp3) is 0.333. The van der Waals surface area contributed by atoms with Crippen LogP contribution < -0.4 is 0 Å². The quantitative estimate of drug-likeness (QED) is 0.445. The molecule has 140 valence electrons. The van der Waals surface area contributed by atoms with E-state index in [0.717, 1.165) is 5.56 Å². The van der Waals surface area contributed by atoms with Gasteiger partial charge in [-0.3, -0.25) is 0 Å². The third kappa shape index (κ3) is 5.00. The van der Waals surface area contributed by atoms with Gasteiger partial charge in [0.15, 0.2) is 0 Å². The predicted molar refractivity (Wildman–Crippen MR) is 87.5 cm³/mol. The zero-order chi connectivity index (χ0) is 19.3. The molecule has 1 aromatic rings. The Bertz CT molecular complexity index is 686. The normalized spacial score (nSPS) is 20.7. The van der Waals surface area contributed by atoms with Crippen LogP contribution in [0, 0.1) is 0 Å². The first kappa shape index (κ1) is 20.7. The summed E-state index contributed by atoms with van der Waals surface area (Å²) in [4.78, 5) is 24.2. The van der Waals surface area contributed by atoms with Gasteiger partial charge in [-0.25, -0.2) is 0 Å². The minimum atomic E-state index is -5.08. The van der Waals surface area contributed by atoms with Crippen molar-refractivity contribution >= 4 is 45.8 Å². The molecule has 1 heterocycles. The molecule has 0 saturated carbocycles. The van der Waals surface area contributed by atoms with E-state index in [-0.39, 0.29) is 5.88 Å². The van der Waals surface area contributed by atoms with Crippen LogP contribution in [0.15, 0.2) is 41.6 Å². The molecule has 0 spiro atoms. The maximum atomic E-state index is 12.2. The number of thioether (sulfide) groups is 1. The summed E-state index contributed by atoms with van der Waals surface area (Å²) in [5.74, 6) is -2.29. The molecule has 1 fully saturated rings. The fourth-order valence-electron chi connectivity index (χ4n) is 2.24. The monoisotopic (exact) mass is 497 g/mol. The molecule has 0 N–H and O–H groups in total. The number of ether oxygens (including phenoxy) is 1. The van der Waals surface area contributed by atoms with Crippen LogP contribution >= 0.6 is 11.8 Å². The summed E-state index contributed by atoms with van der Waals surface area (Å²) in [6, 6.07) is 8.59. The first-order valence-electron chi connectivity index (χ1n) is 7.23. The van der Waals surface area contributed by atoms with Crippen LogP contribution in [0.5, 0.6) is 0 Å². The number of hydrogen-bond donors (Lipinski definition) is 0. The van der Waals surface area contributed by atoms with Crippen molar-refractivity contribution in [2.45, 2.75) is 25.2 Å². The molecule has 6 nitrogen and oxygen atoms in total. The van der Waals surface area contributed by atoms with E-state index >= 15 is 0 Å². The molecule has 2 rings (SSSR count). The molecule has 1 aromatic carbocycles. The third-order valence-corrected chi connectivity index (χ3v) is 5.41. The second kappa shape index (κ2) is 8.89. The maximum absolute atomic E-state index is 12.2. The Kier molecular flexibility index (Phi) is 7.09. The molecule has 0 aromatic heterocycles. The number of carbonyl (C=O) groups excluding carboxylic acids is 2. The van der Waals surface area contributed by atoms with Gasteiger partial charge < -0.3 is 0 Å². The summed E-state index contributed by atoms with van der Waals surface area (Å²) in [5, 5.41) is 1.45. The molecule has 11 heteroatoms. The van der Waals surface area contributed by atoms with E-state index in [4.69, 9.17) is 7.81 Å². The Morgan fingerprint density at radius 3 is 2.54 bits per heavy atom. The molecule has 2 atom stereocenters. The van der Waals surface area contributed by atoms with Gasteiger partial charge >= 0.3 is 163 Å². The standard InChI is InChI=1S/C13H15NO3S.C2HF3O2.Sn/c1-9-12(10-6-4-3-5-7-10)17-13(16)14(9)11(15)8-18-2;3-2(4,5)1(6)7;/h3-9,12,15H,1-2H3;(H,6,7);/q;;+2/p-2/b11-8-;;/t9-,12-;;/m1../s1. The van der Waals surface area contributed by atoms with Crippen LogP contribution in [0.3, 0.4) is 0 Å². The van der Waals surface area contributed by atoms with E-state index < -0.39 is 52.4 Å². The van der Waals surface area contributed by atoms with Crippen molar-refractivity contribution in [3.8, 4) is 0 Å². The Hall–Kier alpha value is -1.56. The molecule has 26 heavy (non-hydrogen) atoms. The molecule has 1 aliphatic heterocycles. The van der Waals surface area contributed by atoms with Crippen molar-refractivity contribution in [3.05, 3.63) is 47.2 Å². The zero-order valence-corrected chi connectivity index (χ0v) is 17.3. The number of amides is 1. The number of hydrogen-bond acceptors (Lipinski definition) is 6. The zero-order valence-electron chi connectivity index (χ0n) is 13.6. The van der Waals surface area contributed by atoms with Crippen LogP contribution in [0.4, 0.5) is 18.0 Å². The van der Waals surface area contributed by atoms with Gasteiger partial charge in [0, 0.05) is 0 Å². The molecule has 0 aliphatic carbocycles. The van der Waals surface area contributed by atoms with Crippen molar-refractivity contribution in [3.63, 3.8) is 0 Å². The summed E-state index contributed by atoms with van der Waals surface area (Å²) in [7, 11) is 0. The fourth-order valence-corrected chi connectivity index (χ4v) is 4.20. The second-order valence-corrected chi connectivity index (χ2v) is 7.44. The van der Waals surface area contributed by atoms with E-state index in [9.17, 15) is 22.8 Å². The number of cyclic esters (lactones) is 1. The van der Waals surface area contributed by atoms with Gasteiger partial charge in [0.1, 0.15) is 0 Å². The van der Waals surface area contributed by atoms with Crippen molar-refractivity contribution in [2.75, 3.05) is 6.26 Å². The summed E-state index contributed by atoms with van der Waals surface area (Å²) in [6.45, 7) is 1.73. The number of halogens is 3. The van der Waals surface area contributed by atoms with Crippen LogP contribution in [-0.2, 0) is 15.7 Å². The number of alkyl halides is 3. The number of nitrogens with zero attached hydrogens (tertiary/aromatic N) is 1. The summed E-state index contributed by atoms with van der Waals surface area (Å²) in [6.07, 6.45) is -4.63. The van der Waals surface area contributed by atoms with Crippen molar-refractivity contribution in [2.24, 2.45) is 0 Å². The average molecular weight is 496 g/mol. The minimum absolute atomic E-state index is 0.00926. The van der Waals surface area contributed by atoms with Gasteiger partial charge in [-0.2, -0.15) is 0 Å². The summed E-state index contributed by atoms with van der Waals surface area (Å²) in [5.41, 5.74) is 0.780. The van der Waals surface area contributed by atoms with Crippen LogP contribution in [0.2, 0.25) is 0 Å². The van der Waals surface area contributed by atoms with E-state index in [1.165, 1.54) is 22.1 Å². The van der Waals surface area contributed by atoms with E-state index in [1.807, 2.05) is 6.07 Å². The van der Waals surface area contributed by atoms with Crippen molar-refractivity contribution in [1.82, 2.24) is 4.90 Å². The Labute approximate surface area is 163 Å². The molecule has 0 bridgehead atoms. The first-order chi connectivity index (χ1) is 12.3. The van der Waals surface area contributed by atoms with Gasteiger partial charge in [-0.15, -0.1) is 0 Å². The van der Waals surface area contributed by atoms with Crippen molar-refractivity contribution in [1.29, 1.82) is 0 Å². The number of rotatable bonds is 6. The SMILES string of the molecule is CS/C=C(\[O][Sn][O]C(=O)C(F)(F)F)N1C(=O)O[C@@H](c2ccccc2)[C@H]1C. The molecule has 1 aliphatic rings. The second-order valence-electron chi connectivity index (χ2n) is 5.09. The predicted octanol–water partition coefficient (Wildman–Crippen LogP) is 3.39. The van der Waals surface area contributed by atoms with E-state index in [0.29, 0.717) is 0 Å². The van der Waals surface area contributed by atoms with Crippen LogP contribution in [0.25, 0.3) is 0 Å². The van der Waals surface area contributed by atoms with Crippen molar-refractivity contribution < 1.29 is 33.6 Å². The van der Waals surface area contributed by atoms with Gasteiger partial charge in [0.2, 0.25) is 0 Å². The molecule has 0 unspecified atom stereocenters. The number of benzene rings is 1.